The van der Waals surface area contributed by atoms with Crippen LogP contribution in [0.4, 0.5) is 13.2 Å². The highest BCUT2D eigenvalue weighted by atomic mass is 19.4. The van der Waals surface area contributed by atoms with Crippen molar-refractivity contribution in [2.45, 2.75) is 19.0 Å². The van der Waals surface area contributed by atoms with Gasteiger partial charge in [-0.15, -0.1) is 0 Å². The summed E-state index contributed by atoms with van der Waals surface area (Å²) in [5.41, 5.74) is -1.05. The van der Waals surface area contributed by atoms with E-state index in [2.05, 4.69) is 9.84 Å². The molecule has 1 aliphatic heterocycles. The van der Waals surface area contributed by atoms with Crippen LogP contribution in [-0.4, -0.2) is 53.9 Å². The van der Waals surface area contributed by atoms with Gasteiger partial charge >= 0.3 is 12.1 Å². The Labute approximate surface area is 158 Å². The average Bonchev–Trinajstić information content (AvgIpc) is 3.08. The Bertz CT molecular complexity index is 891. The van der Waals surface area contributed by atoms with Crippen LogP contribution in [0.15, 0.2) is 24.3 Å². The van der Waals surface area contributed by atoms with E-state index >= 15 is 0 Å². The van der Waals surface area contributed by atoms with Gasteiger partial charge in [-0.3, -0.25) is 9.59 Å². The van der Waals surface area contributed by atoms with Gasteiger partial charge in [-0.2, -0.15) is 18.3 Å². The fourth-order valence-corrected chi connectivity index (χ4v) is 3.08. The lowest BCUT2D eigenvalue weighted by molar-refractivity contribution is -0.142. The number of hydrogen-bond acceptors (Lipinski definition) is 5. The van der Waals surface area contributed by atoms with E-state index in [1.807, 2.05) is 0 Å². The topological polar surface area (TPSA) is 73.7 Å². The number of methoxy groups -OCH3 is 2. The molecule has 7 nitrogen and oxygen atoms in total. The molecule has 0 unspecified atom stereocenters. The van der Waals surface area contributed by atoms with E-state index in [4.69, 9.17) is 4.74 Å². The van der Waals surface area contributed by atoms with Gasteiger partial charge in [-0.25, -0.2) is 4.68 Å². The van der Waals surface area contributed by atoms with Crippen molar-refractivity contribution < 1.29 is 32.2 Å². The summed E-state index contributed by atoms with van der Waals surface area (Å²) in [6.07, 6.45) is -4.73. The van der Waals surface area contributed by atoms with Crippen molar-refractivity contribution >= 4 is 11.9 Å². The SMILES string of the molecule is COC(=O)CCN1CCc2c(C(F)(F)F)nn(-c3ccc(OC)cc3)c2C1=O. The van der Waals surface area contributed by atoms with Crippen molar-refractivity contribution in [1.29, 1.82) is 0 Å². The van der Waals surface area contributed by atoms with Crippen LogP contribution in [0.2, 0.25) is 0 Å². The third kappa shape index (κ3) is 3.67. The van der Waals surface area contributed by atoms with Crippen molar-refractivity contribution in [3.8, 4) is 11.4 Å². The lowest BCUT2D eigenvalue weighted by atomic mass is 10.0. The smallest absolute Gasteiger partial charge is 0.435 e. The number of ether oxygens (including phenoxy) is 2. The Kier molecular flexibility index (Phi) is 5.30. The van der Waals surface area contributed by atoms with E-state index in [0.717, 1.165) is 4.68 Å². The molecule has 0 N–H and O–H groups in total. The number of carbonyl (C=O) groups excluding carboxylic acids is 2. The minimum absolute atomic E-state index is 0.00670. The normalized spacial score (nSPS) is 14.0. The van der Waals surface area contributed by atoms with Crippen LogP contribution in [0.25, 0.3) is 5.69 Å². The first-order valence-corrected chi connectivity index (χ1v) is 8.46. The average molecular weight is 397 g/mol. The maximum atomic E-state index is 13.5. The van der Waals surface area contributed by atoms with Crippen LogP contribution in [0.3, 0.4) is 0 Å². The summed E-state index contributed by atoms with van der Waals surface area (Å²) in [5.74, 6) is -0.589. The van der Waals surface area contributed by atoms with Crippen molar-refractivity contribution in [3.05, 3.63) is 41.2 Å². The molecule has 2 heterocycles. The Morgan fingerprint density at radius 1 is 1.21 bits per heavy atom. The number of halogens is 3. The first-order valence-electron chi connectivity index (χ1n) is 8.46. The molecule has 0 aliphatic carbocycles. The van der Waals surface area contributed by atoms with Gasteiger partial charge in [0.2, 0.25) is 0 Å². The number of benzene rings is 1. The minimum Gasteiger partial charge on any atom is -0.497 e. The van der Waals surface area contributed by atoms with Gasteiger partial charge in [0.05, 0.1) is 26.3 Å². The highest BCUT2D eigenvalue weighted by Crippen LogP contribution is 2.36. The molecule has 0 saturated carbocycles. The number of fused-ring (bicyclic) bond motifs is 1. The molecule has 1 aromatic carbocycles. The Morgan fingerprint density at radius 2 is 1.89 bits per heavy atom. The van der Waals surface area contributed by atoms with Gasteiger partial charge in [0.25, 0.3) is 5.91 Å². The van der Waals surface area contributed by atoms with Gasteiger partial charge in [0, 0.05) is 18.7 Å². The molecule has 0 bridgehead atoms. The second kappa shape index (κ2) is 7.53. The molecular weight excluding hydrogens is 379 g/mol. The van der Waals surface area contributed by atoms with Crippen LogP contribution in [0, 0.1) is 0 Å². The van der Waals surface area contributed by atoms with Crippen LogP contribution >= 0.6 is 0 Å². The summed E-state index contributed by atoms with van der Waals surface area (Å²) in [5, 5.41) is 3.70. The predicted octanol–water partition coefficient (Wildman–Crippen LogP) is 2.46. The van der Waals surface area contributed by atoms with Crippen LogP contribution in [0.1, 0.15) is 28.2 Å². The number of alkyl halides is 3. The lowest BCUT2D eigenvalue weighted by Crippen LogP contribution is -2.40. The summed E-state index contributed by atoms with van der Waals surface area (Å²) in [4.78, 5) is 25.6. The standard InChI is InChI=1S/C18H18F3N3O4/c1-27-12-5-3-11(4-6-12)24-15-13(16(22-24)18(19,20)21)7-9-23(17(15)26)10-8-14(25)28-2/h3-6H,7-10H2,1-2H3. The molecule has 1 amide bonds. The number of carbonyl (C=O) groups is 2. The van der Waals surface area contributed by atoms with E-state index in [9.17, 15) is 22.8 Å². The molecule has 0 spiro atoms. The molecule has 2 aromatic rings. The number of amides is 1. The van der Waals surface area contributed by atoms with E-state index in [-0.39, 0.29) is 37.2 Å². The van der Waals surface area contributed by atoms with Gasteiger partial charge in [-0.1, -0.05) is 0 Å². The molecule has 0 saturated heterocycles. The molecule has 0 atom stereocenters. The van der Waals surface area contributed by atoms with Crippen molar-refractivity contribution in [2.24, 2.45) is 0 Å². The monoisotopic (exact) mass is 397 g/mol. The minimum atomic E-state index is -4.68. The summed E-state index contributed by atoms with van der Waals surface area (Å²) < 4.78 is 51.0. The van der Waals surface area contributed by atoms with E-state index in [1.165, 1.54) is 31.3 Å². The first kappa shape index (κ1) is 19.7. The van der Waals surface area contributed by atoms with Crippen LogP contribution < -0.4 is 4.74 Å². The molecule has 3 rings (SSSR count). The molecule has 1 aromatic heterocycles. The largest absolute Gasteiger partial charge is 0.497 e. The number of nitrogens with zero attached hydrogens (tertiary/aromatic N) is 3. The van der Waals surface area contributed by atoms with Crippen molar-refractivity contribution in [3.63, 3.8) is 0 Å². The summed E-state index contributed by atoms with van der Waals surface area (Å²) in [7, 11) is 2.70. The first-order chi connectivity index (χ1) is 13.3. The third-order valence-corrected chi connectivity index (χ3v) is 4.50. The Balaban J connectivity index is 2.03. The highest BCUT2D eigenvalue weighted by molar-refractivity contribution is 5.96. The molecule has 28 heavy (non-hydrogen) atoms. The summed E-state index contributed by atoms with van der Waals surface area (Å²) in [6, 6.07) is 6.18. The number of esters is 1. The molecule has 0 radical (unpaired) electrons. The van der Waals surface area contributed by atoms with Gasteiger partial charge in [0.15, 0.2) is 5.69 Å². The fourth-order valence-electron chi connectivity index (χ4n) is 3.08. The van der Waals surface area contributed by atoms with Gasteiger partial charge in [-0.05, 0) is 30.7 Å². The summed E-state index contributed by atoms with van der Waals surface area (Å²) >= 11 is 0. The molecule has 0 fully saturated rings. The predicted molar refractivity (Wildman–Crippen MR) is 91.4 cm³/mol. The van der Waals surface area contributed by atoms with Crippen LogP contribution in [-0.2, 0) is 22.1 Å². The zero-order valence-corrected chi connectivity index (χ0v) is 15.2. The molecule has 150 valence electrons. The molecule has 10 heteroatoms. The zero-order chi connectivity index (χ0) is 20.5. The van der Waals surface area contributed by atoms with Crippen LogP contribution in [0.5, 0.6) is 5.75 Å². The van der Waals surface area contributed by atoms with E-state index < -0.39 is 23.7 Å². The molecular formula is C18H18F3N3O4. The number of hydrogen-bond donors (Lipinski definition) is 0. The maximum absolute atomic E-state index is 13.5. The zero-order valence-electron chi connectivity index (χ0n) is 15.2. The number of rotatable bonds is 5. The summed E-state index contributed by atoms with van der Waals surface area (Å²) in [6.45, 7) is 0.125. The fraction of sp³-hybridized carbons (Fsp3) is 0.389. The second-order valence-electron chi connectivity index (χ2n) is 6.15. The third-order valence-electron chi connectivity index (χ3n) is 4.50. The highest BCUT2D eigenvalue weighted by Gasteiger charge is 2.43. The Hall–Kier alpha value is -3.04. The van der Waals surface area contributed by atoms with Crippen molar-refractivity contribution in [1.82, 2.24) is 14.7 Å². The lowest BCUT2D eigenvalue weighted by Gasteiger charge is -2.27. The quantitative estimate of drug-likeness (QED) is 0.725. The molecule has 1 aliphatic rings. The Morgan fingerprint density at radius 3 is 2.46 bits per heavy atom. The van der Waals surface area contributed by atoms with E-state index in [0.29, 0.717) is 11.4 Å². The van der Waals surface area contributed by atoms with E-state index in [1.54, 1.807) is 12.1 Å². The van der Waals surface area contributed by atoms with Gasteiger partial charge in [0.1, 0.15) is 11.4 Å². The van der Waals surface area contributed by atoms with Gasteiger partial charge < -0.3 is 14.4 Å². The van der Waals surface area contributed by atoms with Crippen molar-refractivity contribution in [2.75, 3.05) is 27.3 Å². The second-order valence-corrected chi connectivity index (χ2v) is 6.15. The maximum Gasteiger partial charge on any atom is 0.435 e. The number of aromatic nitrogens is 2.